The Morgan fingerprint density at radius 2 is 2.12 bits per heavy atom. The lowest BCUT2D eigenvalue weighted by molar-refractivity contribution is 0.187. The van der Waals surface area contributed by atoms with Crippen LogP contribution >= 0.6 is 11.3 Å². The van der Waals surface area contributed by atoms with Gasteiger partial charge in [-0.1, -0.05) is 17.4 Å². The highest BCUT2D eigenvalue weighted by Crippen LogP contribution is 2.23. The molecule has 0 saturated carbocycles. The van der Waals surface area contributed by atoms with Gasteiger partial charge in [-0.05, 0) is 31.0 Å². The van der Waals surface area contributed by atoms with E-state index in [0.29, 0.717) is 11.4 Å². The van der Waals surface area contributed by atoms with Gasteiger partial charge < -0.3 is 9.30 Å². The van der Waals surface area contributed by atoms with E-state index >= 15 is 0 Å². The molecule has 1 aromatic heterocycles. The SMILES string of the molecule is COCCn1c(=N)sc2c(C)cc(C)cc21. The Morgan fingerprint density at radius 3 is 2.81 bits per heavy atom. The van der Waals surface area contributed by atoms with Crippen LogP contribution in [0, 0.1) is 19.3 Å². The maximum absolute atomic E-state index is 7.97. The van der Waals surface area contributed by atoms with Crippen molar-refractivity contribution in [3.8, 4) is 0 Å². The lowest BCUT2D eigenvalue weighted by Gasteiger charge is -2.05. The van der Waals surface area contributed by atoms with Gasteiger partial charge in [-0.3, -0.25) is 5.41 Å². The third-order valence-corrected chi connectivity index (χ3v) is 3.80. The molecule has 0 unspecified atom stereocenters. The summed E-state index contributed by atoms with van der Waals surface area (Å²) in [6.07, 6.45) is 0. The molecule has 0 aliphatic rings. The summed E-state index contributed by atoms with van der Waals surface area (Å²) in [5.74, 6) is 0. The second kappa shape index (κ2) is 4.39. The van der Waals surface area contributed by atoms with Crippen LogP contribution in [0.25, 0.3) is 10.2 Å². The van der Waals surface area contributed by atoms with Crippen LogP contribution in [-0.4, -0.2) is 18.3 Å². The molecule has 0 aliphatic carbocycles. The molecule has 0 atom stereocenters. The summed E-state index contributed by atoms with van der Waals surface area (Å²) in [6, 6.07) is 4.31. The third kappa shape index (κ3) is 1.90. The molecule has 2 aromatic rings. The molecule has 0 saturated heterocycles. The zero-order valence-corrected chi connectivity index (χ0v) is 10.6. The number of rotatable bonds is 3. The van der Waals surface area contributed by atoms with Gasteiger partial charge in [-0.15, -0.1) is 0 Å². The molecule has 0 amide bonds. The van der Waals surface area contributed by atoms with Crippen LogP contribution in [0.4, 0.5) is 0 Å². The minimum absolute atomic E-state index is 0.598. The monoisotopic (exact) mass is 236 g/mol. The fourth-order valence-electron chi connectivity index (χ4n) is 1.93. The first kappa shape index (κ1) is 11.4. The Balaban J connectivity index is 2.64. The topological polar surface area (TPSA) is 38.0 Å². The second-order valence-corrected chi connectivity index (χ2v) is 4.98. The summed E-state index contributed by atoms with van der Waals surface area (Å²) >= 11 is 1.54. The molecular weight excluding hydrogens is 220 g/mol. The number of hydrogen-bond donors (Lipinski definition) is 1. The highest BCUT2D eigenvalue weighted by molar-refractivity contribution is 7.16. The van der Waals surface area contributed by atoms with Crippen LogP contribution < -0.4 is 4.80 Å². The van der Waals surface area contributed by atoms with Crippen molar-refractivity contribution in [2.75, 3.05) is 13.7 Å². The van der Waals surface area contributed by atoms with E-state index in [9.17, 15) is 0 Å². The number of benzene rings is 1. The minimum atomic E-state index is 0.598. The highest BCUT2D eigenvalue weighted by Gasteiger charge is 2.07. The van der Waals surface area contributed by atoms with Gasteiger partial charge in [0.25, 0.3) is 0 Å². The summed E-state index contributed by atoms with van der Waals surface area (Å²) in [5, 5.41) is 7.97. The maximum atomic E-state index is 7.97. The van der Waals surface area contributed by atoms with Crippen molar-refractivity contribution in [1.29, 1.82) is 5.41 Å². The van der Waals surface area contributed by atoms with Crippen LogP contribution in [-0.2, 0) is 11.3 Å². The van der Waals surface area contributed by atoms with E-state index in [1.54, 1.807) is 7.11 Å². The van der Waals surface area contributed by atoms with Gasteiger partial charge in [0.1, 0.15) is 0 Å². The maximum Gasteiger partial charge on any atom is 0.183 e. The number of methoxy groups -OCH3 is 1. The van der Waals surface area contributed by atoms with Crippen molar-refractivity contribution in [1.82, 2.24) is 4.57 Å². The van der Waals surface area contributed by atoms with Crippen molar-refractivity contribution >= 4 is 21.6 Å². The standard InChI is InChI=1S/C12H16N2OS/c1-8-6-9(2)11-10(7-8)14(4-5-15-3)12(13)16-11/h6-7,13H,4-5H2,1-3H3. The highest BCUT2D eigenvalue weighted by atomic mass is 32.1. The number of aromatic nitrogens is 1. The van der Waals surface area contributed by atoms with E-state index in [-0.39, 0.29) is 0 Å². The fraction of sp³-hybridized carbons (Fsp3) is 0.417. The number of fused-ring (bicyclic) bond motifs is 1. The summed E-state index contributed by atoms with van der Waals surface area (Å²) in [4.78, 5) is 0.598. The van der Waals surface area contributed by atoms with E-state index in [2.05, 4.69) is 26.0 Å². The molecule has 1 N–H and O–H groups in total. The number of ether oxygens (including phenoxy) is 1. The number of hydrogen-bond acceptors (Lipinski definition) is 3. The van der Waals surface area contributed by atoms with Crippen LogP contribution in [0.15, 0.2) is 12.1 Å². The normalized spacial score (nSPS) is 11.2. The average molecular weight is 236 g/mol. The predicted octanol–water partition coefficient (Wildman–Crippen LogP) is 2.45. The van der Waals surface area contributed by atoms with Gasteiger partial charge in [-0.25, -0.2) is 0 Å². The molecule has 2 rings (SSSR count). The number of thiazole rings is 1. The van der Waals surface area contributed by atoms with Crippen molar-refractivity contribution in [3.05, 3.63) is 28.1 Å². The van der Waals surface area contributed by atoms with E-state index < -0.39 is 0 Å². The van der Waals surface area contributed by atoms with Gasteiger partial charge >= 0.3 is 0 Å². The molecule has 4 heteroatoms. The van der Waals surface area contributed by atoms with E-state index in [1.165, 1.54) is 27.2 Å². The summed E-state index contributed by atoms with van der Waals surface area (Å²) in [5.41, 5.74) is 3.66. The minimum Gasteiger partial charge on any atom is -0.383 e. The van der Waals surface area contributed by atoms with E-state index in [0.717, 1.165) is 12.1 Å². The lowest BCUT2D eigenvalue weighted by atomic mass is 10.1. The molecule has 16 heavy (non-hydrogen) atoms. The Bertz CT molecular complexity index is 568. The molecule has 3 nitrogen and oxygen atoms in total. The van der Waals surface area contributed by atoms with Gasteiger partial charge in [0.15, 0.2) is 4.80 Å². The fourth-order valence-corrected chi connectivity index (χ4v) is 2.92. The van der Waals surface area contributed by atoms with E-state index in [1.807, 2.05) is 4.57 Å². The first-order chi connectivity index (χ1) is 7.63. The summed E-state index contributed by atoms with van der Waals surface area (Å²) < 4.78 is 8.31. The zero-order chi connectivity index (χ0) is 11.7. The largest absolute Gasteiger partial charge is 0.383 e. The van der Waals surface area contributed by atoms with Crippen molar-refractivity contribution < 1.29 is 4.74 Å². The number of nitrogens with one attached hydrogen (secondary N) is 1. The van der Waals surface area contributed by atoms with Gasteiger partial charge in [0.05, 0.1) is 16.8 Å². The summed E-state index contributed by atoms with van der Waals surface area (Å²) in [7, 11) is 1.69. The van der Waals surface area contributed by atoms with Crippen molar-refractivity contribution in [3.63, 3.8) is 0 Å². The molecule has 0 fully saturated rings. The number of aryl methyl sites for hydroxylation is 2. The van der Waals surface area contributed by atoms with E-state index in [4.69, 9.17) is 10.1 Å². The molecule has 0 spiro atoms. The van der Waals surface area contributed by atoms with Crippen LogP contribution in [0.3, 0.4) is 0 Å². The van der Waals surface area contributed by atoms with Gasteiger partial charge in [0.2, 0.25) is 0 Å². The number of nitrogens with zero attached hydrogens (tertiary/aromatic N) is 1. The molecule has 0 bridgehead atoms. The Kier molecular flexibility index (Phi) is 3.12. The van der Waals surface area contributed by atoms with Crippen LogP contribution in [0.2, 0.25) is 0 Å². The molecule has 86 valence electrons. The molecule has 1 heterocycles. The Morgan fingerprint density at radius 1 is 1.38 bits per heavy atom. The first-order valence-corrected chi connectivity index (χ1v) is 6.09. The average Bonchev–Trinajstić information content (AvgIpc) is 2.53. The zero-order valence-electron chi connectivity index (χ0n) is 9.83. The molecule has 1 aromatic carbocycles. The van der Waals surface area contributed by atoms with Gasteiger partial charge in [0, 0.05) is 13.7 Å². The Hall–Kier alpha value is -1.13. The second-order valence-electron chi connectivity index (χ2n) is 3.98. The quantitative estimate of drug-likeness (QED) is 0.873. The predicted molar refractivity (Wildman–Crippen MR) is 67.0 cm³/mol. The van der Waals surface area contributed by atoms with Crippen LogP contribution in [0.1, 0.15) is 11.1 Å². The van der Waals surface area contributed by atoms with Crippen molar-refractivity contribution in [2.24, 2.45) is 0 Å². The first-order valence-electron chi connectivity index (χ1n) is 5.27. The summed E-state index contributed by atoms with van der Waals surface area (Å²) in [6.45, 7) is 5.59. The molecule has 0 radical (unpaired) electrons. The lowest BCUT2D eigenvalue weighted by Crippen LogP contribution is -2.16. The van der Waals surface area contributed by atoms with Crippen LogP contribution in [0.5, 0.6) is 0 Å². The molecular formula is C12H16N2OS. The molecule has 0 aliphatic heterocycles. The smallest absolute Gasteiger partial charge is 0.183 e. The Labute approximate surface area is 98.8 Å². The van der Waals surface area contributed by atoms with Gasteiger partial charge in [-0.2, -0.15) is 0 Å². The van der Waals surface area contributed by atoms with Crippen molar-refractivity contribution in [2.45, 2.75) is 20.4 Å². The third-order valence-electron chi connectivity index (χ3n) is 2.65.